The van der Waals surface area contributed by atoms with Crippen LogP contribution in [-0.2, 0) is 17.6 Å². The molecule has 1 amide bonds. The van der Waals surface area contributed by atoms with Crippen LogP contribution < -0.4 is 4.74 Å². The van der Waals surface area contributed by atoms with Gasteiger partial charge in [0.15, 0.2) is 0 Å². The molecular weight excluding hydrogens is 380 g/mol. The number of hydrogen-bond donors (Lipinski definition) is 0. The molecule has 5 rings (SSSR count). The van der Waals surface area contributed by atoms with Crippen LogP contribution in [0, 0.1) is 0 Å². The quantitative estimate of drug-likeness (QED) is 0.775. The number of amides is 1. The molecule has 1 saturated carbocycles. The topological polar surface area (TPSA) is 67.8 Å². The van der Waals surface area contributed by atoms with Crippen LogP contribution in [0.15, 0.2) is 30.6 Å². The number of benzene rings is 1. The Hall–Kier alpha value is -2.51. The number of carbonyl (C=O) groups is 1. The van der Waals surface area contributed by atoms with Crippen LogP contribution in [0.1, 0.15) is 40.9 Å². The molecule has 7 heteroatoms. The van der Waals surface area contributed by atoms with Crippen LogP contribution in [0.2, 0.25) is 0 Å². The lowest BCUT2D eigenvalue weighted by atomic mass is 9.91. The molecule has 1 aliphatic carbocycles. The van der Waals surface area contributed by atoms with Crippen molar-refractivity contribution in [2.24, 2.45) is 0 Å². The third-order valence-electron chi connectivity index (χ3n) is 6.47. The summed E-state index contributed by atoms with van der Waals surface area (Å²) in [5.41, 5.74) is 3.12. The predicted molar refractivity (Wildman–Crippen MR) is 112 cm³/mol. The van der Waals surface area contributed by atoms with Crippen molar-refractivity contribution < 1.29 is 14.3 Å². The standard InChI is InChI=1S/C23H28N4O3/c28-23(27-10-12-29-13-11-27)21-15-25-22(16-24-21)30-20-5-4-17-6-8-26(19-2-1-3-19)9-7-18(17)14-20/h4-5,14-16,19H,1-3,6-13H2. The van der Waals surface area contributed by atoms with E-state index in [1.54, 1.807) is 4.90 Å². The fourth-order valence-corrected chi connectivity index (χ4v) is 4.43. The van der Waals surface area contributed by atoms with E-state index in [1.165, 1.54) is 42.8 Å². The fourth-order valence-electron chi connectivity index (χ4n) is 4.43. The second-order valence-corrected chi connectivity index (χ2v) is 8.30. The molecule has 3 heterocycles. The normalized spacial score (nSPS) is 20.2. The van der Waals surface area contributed by atoms with E-state index in [2.05, 4.69) is 27.0 Å². The lowest BCUT2D eigenvalue weighted by Gasteiger charge is -2.36. The molecule has 7 nitrogen and oxygen atoms in total. The first-order chi connectivity index (χ1) is 14.8. The van der Waals surface area contributed by atoms with Crippen molar-refractivity contribution >= 4 is 5.91 Å². The first kappa shape index (κ1) is 19.5. The zero-order valence-corrected chi connectivity index (χ0v) is 17.3. The van der Waals surface area contributed by atoms with Gasteiger partial charge in [0.25, 0.3) is 5.91 Å². The Labute approximate surface area is 177 Å². The van der Waals surface area contributed by atoms with Crippen LogP contribution in [0.3, 0.4) is 0 Å². The van der Waals surface area contributed by atoms with Crippen LogP contribution in [0.25, 0.3) is 0 Å². The minimum atomic E-state index is -0.113. The van der Waals surface area contributed by atoms with Gasteiger partial charge in [0.1, 0.15) is 11.4 Å². The van der Waals surface area contributed by atoms with E-state index in [0.717, 1.165) is 37.7 Å². The molecule has 2 aliphatic heterocycles. The van der Waals surface area contributed by atoms with Gasteiger partial charge in [-0.05, 0) is 48.9 Å². The van der Waals surface area contributed by atoms with Gasteiger partial charge in [-0.3, -0.25) is 9.69 Å². The number of carbonyl (C=O) groups excluding carboxylic acids is 1. The molecule has 0 radical (unpaired) electrons. The molecule has 1 aromatic carbocycles. The third-order valence-corrected chi connectivity index (χ3v) is 6.47. The smallest absolute Gasteiger partial charge is 0.274 e. The van der Waals surface area contributed by atoms with Crippen molar-refractivity contribution in [3.8, 4) is 11.6 Å². The number of rotatable bonds is 4. The van der Waals surface area contributed by atoms with Crippen LogP contribution in [0.4, 0.5) is 0 Å². The minimum absolute atomic E-state index is 0.113. The van der Waals surface area contributed by atoms with Gasteiger partial charge in [0.05, 0.1) is 25.6 Å². The number of morpholine rings is 1. The summed E-state index contributed by atoms with van der Waals surface area (Å²) in [6.07, 6.45) is 9.27. The lowest BCUT2D eigenvalue weighted by Crippen LogP contribution is -2.41. The number of nitrogens with zero attached hydrogens (tertiary/aromatic N) is 4. The largest absolute Gasteiger partial charge is 0.437 e. The SMILES string of the molecule is O=C(c1cnc(Oc2ccc3c(c2)CCN(C2CCC2)CC3)cn1)N1CCOCC1. The van der Waals surface area contributed by atoms with E-state index in [0.29, 0.717) is 37.9 Å². The third kappa shape index (κ3) is 4.18. The summed E-state index contributed by atoms with van der Waals surface area (Å²) in [4.78, 5) is 25.5. The van der Waals surface area contributed by atoms with Crippen LogP contribution in [0.5, 0.6) is 11.6 Å². The molecule has 1 aromatic heterocycles. The summed E-state index contributed by atoms with van der Waals surface area (Å²) in [6, 6.07) is 7.11. The van der Waals surface area contributed by atoms with Gasteiger partial charge in [-0.2, -0.15) is 0 Å². The Morgan fingerprint density at radius 2 is 1.80 bits per heavy atom. The Kier molecular flexibility index (Phi) is 5.64. The zero-order valence-electron chi connectivity index (χ0n) is 17.3. The molecule has 1 saturated heterocycles. The molecule has 0 atom stereocenters. The minimum Gasteiger partial charge on any atom is -0.437 e. The predicted octanol–water partition coefficient (Wildman–Crippen LogP) is 2.69. The molecule has 3 aliphatic rings. The van der Waals surface area contributed by atoms with Gasteiger partial charge in [0.2, 0.25) is 5.88 Å². The van der Waals surface area contributed by atoms with Gasteiger partial charge < -0.3 is 14.4 Å². The number of hydrogen-bond acceptors (Lipinski definition) is 6. The summed E-state index contributed by atoms with van der Waals surface area (Å²) in [5.74, 6) is 1.06. The highest BCUT2D eigenvalue weighted by Crippen LogP contribution is 2.29. The summed E-state index contributed by atoms with van der Waals surface area (Å²) in [5, 5.41) is 0. The van der Waals surface area contributed by atoms with Crippen LogP contribution >= 0.6 is 0 Å². The first-order valence-corrected chi connectivity index (χ1v) is 11.0. The average Bonchev–Trinajstić information content (AvgIpc) is 2.96. The Morgan fingerprint density at radius 1 is 1.00 bits per heavy atom. The van der Waals surface area contributed by atoms with Gasteiger partial charge in [-0.25, -0.2) is 9.97 Å². The zero-order chi connectivity index (χ0) is 20.3. The fraction of sp³-hybridized carbons (Fsp3) is 0.522. The van der Waals surface area contributed by atoms with E-state index in [4.69, 9.17) is 9.47 Å². The van der Waals surface area contributed by atoms with Crippen molar-refractivity contribution in [3.05, 3.63) is 47.4 Å². The van der Waals surface area contributed by atoms with E-state index >= 15 is 0 Å². The molecule has 158 valence electrons. The molecule has 2 aromatic rings. The summed E-state index contributed by atoms with van der Waals surface area (Å²) < 4.78 is 11.2. The highest BCUT2D eigenvalue weighted by Gasteiger charge is 2.26. The van der Waals surface area contributed by atoms with Gasteiger partial charge in [0, 0.05) is 32.2 Å². The maximum atomic E-state index is 12.5. The summed E-state index contributed by atoms with van der Waals surface area (Å²) >= 11 is 0. The maximum absolute atomic E-state index is 12.5. The van der Waals surface area contributed by atoms with E-state index in [9.17, 15) is 4.79 Å². The second kappa shape index (κ2) is 8.70. The van der Waals surface area contributed by atoms with Gasteiger partial charge >= 0.3 is 0 Å². The van der Waals surface area contributed by atoms with Crippen molar-refractivity contribution in [1.29, 1.82) is 0 Å². The number of aromatic nitrogens is 2. The summed E-state index contributed by atoms with van der Waals surface area (Å²) in [6.45, 7) is 4.59. The Balaban J connectivity index is 1.23. The molecule has 0 unspecified atom stereocenters. The monoisotopic (exact) mass is 408 g/mol. The van der Waals surface area contributed by atoms with Crippen molar-refractivity contribution in [2.75, 3.05) is 39.4 Å². The van der Waals surface area contributed by atoms with E-state index < -0.39 is 0 Å². The molecule has 0 N–H and O–H groups in total. The number of fused-ring (bicyclic) bond motifs is 1. The molecule has 0 bridgehead atoms. The molecule has 0 spiro atoms. The van der Waals surface area contributed by atoms with Crippen molar-refractivity contribution in [1.82, 2.24) is 19.8 Å². The Bertz CT molecular complexity index is 892. The van der Waals surface area contributed by atoms with E-state index in [-0.39, 0.29) is 5.91 Å². The maximum Gasteiger partial charge on any atom is 0.274 e. The average molecular weight is 409 g/mol. The summed E-state index contributed by atoms with van der Waals surface area (Å²) in [7, 11) is 0. The van der Waals surface area contributed by atoms with E-state index in [1.807, 2.05) is 6.07 Å². The highest BCUT2D eigenvalue weighted by atomic mass is 16.5. The number of ether oxygens (including phenoxy) is 2. The molecular formula is C23H28N4O3. The lowest BCUT2D eigenvalue weighted by molar-refractivity contribution is 0.0298. The van der Waals surface area contributed by atoms with Gasteiger partial charge in [-0.15, -0.1) is 0 Å². The Morgan fingerprint density at radius 3 is 2.50 bits per heavy atom. The van der Waals surface area contributed by atoms with Crippen LogP contribution in [-0.4, -0.2) is 71.1 Å². The molecule has 30 heavy (non-hydrogen) atoms. The second-order valence-electron chi connectivity index (χ2n) is 8.30. The van der Waals surface area contributed by atoms with Crippen molar-refractivity contribution in [3.63, 3.8) is 0 Å². The van der Waals surface area contributed by atoms with Gasteiger partial charge in [-0.1, -0.05) is 12.5 Å². The van der Waals surface area contributed by atoms with Crippen molar-refractivity contribution in [2.45, 2.75) is 38.1 Å². The molecule has 2 fully saturated rings. The first-order valence-electron chi connectivity index (χ1n) is 11.0. The highest BCUT2D eigenvalue weighted by molar-refractivity contribution is 5.92.